The highest BCUT2D eigenvalue weighted by Crippen LogP contribution is 2.32. The maximum atomic E-state index is 11.6. The quantitative estimate of drug-likeness (QED) is 0.855. The molecule has 2 rings (SSSR count). The number of anilines is 1. The smallest absolute Gasteiger partial charge is 0.242 e. The van der Waals surface area contributed by atoms with Crippen LogP contribution in [-0.4, -0.2) is 38.3 Å². The average molecular weight is 298 g/mol. The van der Waals surface area contributed by atoms with Gasteiger partial charge >= 0.3 is 0 Å². The molecule has 110 valence electrons. The summed E-state index contributed by atoms with van der Waals surface area (Å²) in [5.74, 6) is -0.390. The zero-order valence-electron chi connectivity index (χ0n) is 11.6. The predicted octanol–water partition coefficient (Wildman–Crippen LogP) is 1.14. The van der Waals surface area contributed by atoms with Crippen LogP contribution >= 0.6 is 11.6 Å². The van der Waals surface area contributed by atoms with Crippen LogP contribution in [0.15, 0.2) is 18.2 Å². The standard InChI is InChI=1S/C14H20ClN3O2/c1-2-17-8-10-4-3-5-11(15)13(10)18-6-7-20-9-12(18)14(16)19/h3-5,12,17H,2,6-9H2,1H3,(H2,16,19). The molecule has 0 radical (unpaired) electrons. The van der Waals surface area contributed by atoms with E-state index in [-0.39, 0.29) is 5.91 Å². The maximum Gasteiger partial charge on any atom is 0.242 e. The monoisotopic (exact) mass is 297 g/mol. The van der Waals surface area contributed by atoms with E-state index in [9.17, 15) is 4.79 Å². The summed E-state index contributed by atoms with van der Waals surface area (Å²) in [6.45, 7) is 5.10. The Kier molecular flexibility index (Phi) is 5.23. The number of carbonyl (C=O) groups is 1. The molecule has 1 heterocycles. The summed E-state index contributed by atoms with van der Waals surface area (Å²) in [6, 6.07) is 5.29. The molecule has 0 saturated carbocycles. The first-order valence-electron chi connectivity index (χ1n) is 6.77. The van der Waals surface area contributed by atoms with Crippen molar-refractivity contribution in [2.24, 2.45) is 5.73 Å². The van der Waals surface area contributed by atoms with Crippen LogP contribution in [0.25, 0.3) is 0 Å². The number of amides is 1. The van der Waals surface area contributed by atoms with Crippen molar-refractivity contribution < 1.29 is 9.53 Å². The number of hydrogen-bond donors (Lipinski definition) is 2. The van der Waals surface area contributed by atoms with Crippen molar-refractivity contribution in [2.45, 2.75) is 19.5 Å². The summed E-state index contributed by atoms with van der Waals surface area (Å²) >= 11 is 6.35. The molecule has 1 amide bonds. The Morgan fingerprint density at radius 3 is 3.10 bits per heavy atom. The van der Waals surface area contributed by atoms with E-state index in [0.29, 0.717) is 31.3 Å². The minimum absolute atomic E-state index is 0.307. The largest absolute Gasteiger partial charge is 0.377 e. The fourth-order valence-corrected chi connectivity index (χ4v) is 2.69. The number of hydrogen-bond acceptors (Lipinski definition) is 4. The molecule has 1 aliphatic rings. The summed E-state index contributed by atoms with van der Waals surface area (Å²) in [5.41, 5.74) is 7.42. The zero-order chi connectivity index (χ0) is 14.5. The molecular weight excluding hydrogens is 278 g/mol. The van der Waals surface area contributed by atoms with Gasteiger partial charge in [-0.2, -0.15) is 0 Å². The van der Waals surface area contributed by atoms with Gasteiger partial charge in [-0.15, -0.1) is 0 Å². The van der Waals surface area contributed by atoms with Crippen LogP contribution in [0.5, 0.6) is 0 Å². The molecule has 1 unspecified atom stereocenters. The Balaban J connectivity index is 2.35. The van der Waals surface area contributed by atoms with Gasteiger partial charge in [0.15, 0.2) is 0 Å². The molecular formula is C14H20ClN3O2. The topological polar surface area (TPSA) is 67.6 Å². The van der Waals surface area contributed by atoms with Gasteiger partial charge in [-0.3, -0.25) is 4.79 Å². The van der Waals surface area contributed by atoms with Crippen molar-refractivity contribution in [3.63, 3.8) is 0 Å². The summed E-state index contributed by atoms with van der Waals surface area (Å²) in [5, 5.41) is 3.92. The second kappa shape index (κ2) is 6.92. The van der Waals surface area contributed by atoms with Gasteiger partial charge in [-0.1, -0.05) is 30.7 Å². The summed E-state index contributed by atoms with van der Waals surface area (Å²) in [4.78, 5) is 13.6. The van der Waals surface area contributed by atoms with Crippen molar-refractivity contribution in [1.82, 2.24) is 5.32 Å². The molecule has 0 spiro atoms. The predicted molar refractivity (Wildman–Crippen MR) is 80.0 cm³/mol. The lowest BCUT2D eigenvalue weighted by molar-refractivity contribution is -0.121. The Morgan fingerprint density at radius 2 is 2.40 bits per heavy atom. The van der Waals surface area contributed by atoms with Crippen molar-refractivity contribution in [3.8, 4) is 0 Å². The molecule has 1 aromatic carbocycles. The molecule has 0 aliphatic carbocycles. The van der Waals surface area contributed by atoms with E-state index in [1.807, 2.05) is 30.0 Å². The van der Waals surface area contributed by atoms with Crippen LogP contribution in [0.4, 0.5) is 5.69 Å². The highest BCUT2D eigenvalue weighted by molar-refractivity contribution is 6.33. The van der Waals surface area contributed by atoms with Crippen LogP contribution in [-0.2, 0) is 16.1 Å². The van der Waals surface area contributed by atoms with Crippen LogP contribution in [0.1, 0.15) is 12.5 Å². The van der Waals surface area contributed by atoms with Gasteiger partial charge in [-0.05, 0) is 18.2 Å². The lowest BCUT2D eigenvalue weighted by Crippen LogP contribution is -2.53. The van der Waals surface area contributed by atoms with Crippen LogP contribution in [0.2, 0.25) is 5.02 Å². The lowest BCUT2D eigenvalue weighted by Gasteiger charge is -2.37. The normalized spacial score (nSPS) is 19.1. The molecule has 1 saturated heterocycles. The third-order valence-corrected chi connectivity index (χ3v) is 3.68. The molecule has 3 N–H and O–H groups in total. The molecule has 1 fully saturated rings. The highest BCUT2D eigenvalue weighted by atomic mass is 35.5. The molecule has 0 aromatic heterocycles. The Hall–Kier alpha value is -1.30. The van der Waals surface area contributed by atoms with Crippen molar-refractivity contribution in [3.05, 3.63) is 28.8 Å². The number of ether oxygens (including phenoxy) is 1. The third-order valence-electron chi connectivity index (χ3n) is 3.38. The van der Waals surface area contributed by atoms with Crippen LogP contribution in [0.3, 0.4) is 0 Å². The molecule has 1 aromatic rings. The first kappa shape index (κ1) is 15.1. The van der Waals surface area contributed by atoms with Crippen molar-refractivity contribution in [2.75, 3.05) is 31.2 Å². The van der Waals surface area contributed by atoms with E-state index in [1.165, 1.54) is 0 Å². The minimum Gasteiger partial charge on any atom is -0.377 e. The number of nitrogens with one attached hydrogen (secondary N) is 1. The molecule has 6 heteroatoms. The number of morpholine rings is 1. The average Bonchev–Trinajstić information content (AvgIpc) is 2.45. The summed E-state index contributed by atoms with van der Waals surface area (Å²) < 4.78 is 5.35. The van der Waals surface area contributed by atoms with Crippen LogP contribution in [0, 0.1) is 0 Å². The first-order valence-corrected chi connectivity index (χ1v) is 7.14. The molecule has 1 atom stereocenters. The van der Waals surface area contributed by atoms with Gasteiger partial charge in [-0.25, -0.2) is 0 Å². The number of benzene rings is 1. The molecule has 0 bridgehead atoms. The Labute approximate surface area is 124 Å². The fraction of sp³-hybridized carbons (Fsp3) is 0.500. The first-order chi connectivity index (χ1) is 9.65. The zero-order valence-corrected chi connectivity index (χ0v) is 12.3. The Bertz CT molecular complexity index is 481. The van der Waals surface area contributed by atoms with Crippen molar-refractivity contribution in [1.29, 1.82) is 0 Å². The van der Waals surface area contributed by atoms with E-state index in [0.717, 1.165) is 17.8 Å². The van der Waals surface area contributed by atoms with Gasteiger partial charge in [0.25, 0.3) is 0 Å². The summed E-state index contributed by atoms with van der Waals surface area (Å²) in [6.07, 6.45) is 0. The third kappa shape index (κ3) is 3.23. The van der Waals surface area contributed by atoms with Gasteiger partial charge in [0.05, 0.1) is 23.9 Å². The van der Waals surface area contributed by atoms with E-state index in [4.69, 9.17) is 22.1 Å². The Morgan fingerprint density at radius 1 is 1.60 bits per heavy atom. The van der Waals surface area contributed by atoms with Gasteiger partial charge in [0.1, 0.15) is 6.04 Å². The maximum absolute atomic E-state index is 11.6. The van der Waals surface area contributed by atoms with Gasteiger partial charge in [0.2, 0.25) is 5.91 Å². The second-order valence-corrected chi connectivity index (χ2v) is 5.12. The van der Waals surface area contributed by atoms with Gasteiger partial charge in [0, 0.05) is 13.1 Å². The molecule has 5 nitrogen and oxygen atoms in total. The van der Waals surface area contributed by atoms with Gasteiger partial charge < -0.3 is 20.7 Å². The van der Waals surface area contributed by atoms with Crippen LogP contribution < -0.4 is 16.0 Å². The van der Waals surface area contributed by atoms with E-state index < -0.39 is 6.04 Å². The number of primary amides is 1. The number of carbonyl (C=O) groups excluding carboxylic acids is 1. The van der Waals surface area contributed by atoms with Crippen molar-refractivity contribution >= 4 is 23.2 Å². The highest BCUT2D eigenvalue weighted by Gasteiger charge is 2.30. The summed E-state index contributed by atoms with van der Waals surface area (Å²) in [7, 11) is 0. The molecule has 20 heavy (non-hydrogen) atoms. The van der Waals surface area contributed by atoms with E-state index in [1.54, 1.807) is 0 Å². The number of nitrogens with zero attached hydrogens (tertiary/aromatic N) is 1. The number of halogens is 1. The number of rotatable bonds is 5. The van der Waals surface area contributed by atoms with E-state index >= 15 is 0 Å². The van der Waals surface area contributed by atoms with E-state index in [2.05, 4.69) is 5.32 Å². The lowest BCUT2D eigenvalue weighted by atomic mass is 10.1. The number of para-hydroxylation sites is 1. The minimum atomic E-state index is -0.468. The number of nitrogens with two attached hydrogens (primary N) is 1. The molecule has 1 aliphatic heterocycles. The SMILES string of the molecule is CCNCc1cccc(Cl)c1N1CCOCC1C(N)=O. The fourth-order valence-electron chi connectivity index (χ4n) is 2.39. The second-order valence-electron chi connectivity index (χ2n) is 4.71.